The highest BCUT2D eigenvalue weighted by atomic mass is 79.9. The van der Waals surface area contributed by atoms with Crippen LogP contribution in [0.3, 0.4) is 0 Å². The molecule has 0 spiro atoms. The lowest BCUT2D eigenvalue weighted by molar-refractivity contribution is 0.144. The Hall–Kier alpha value is -0.750. The molecule has 1 aromatic carbocycles. The van der Waals surface area contributed by atoms with Crippen LogP contribution in [0.1, 0.15) is 23.0 Å². The van der Waals surface area contributed by atoms with Gasteiger partial charge in [-0.05, 0) is 41.5 Å². The van der Waals surface area contributed by atoms with Crippen molar-refractivity contribution in [3.8, 4) is 0 Å². The largest absolute Gasteiger partial charge is 0.388 e. The van der Waals surface area contributed by atoms with E-state index >= 15 is 0 Å². The van der Waals surface area contributed by atoms with Gasteiger partial charge in [0.15, 0.2) is 0 Å². The number of nitrogens with zero attached hydrogens (tertiary/aromatic N) is 1. The molecule has 0 fully saturated rings. The molecule has 0 saturated heterocycles. The van der Waals surface area contributed by atoms with E-state index in [4.69, 9.17) is 0 Å². The van der Waals surface area contributed by atoms with Crippen LogP contribution in [0.4, 0.5) is 4.39 Å². The minimum Gasteiger partial charge on any atom is -0.388 e. The van der Waals surface area contributed by atoms with Crippen molar-refractivity contribution in [2.24, 2.45) is 0 Å². The van der Waals surface area contributed by atoms with E-state index < -0.39 is 6.10 Å². The lowest BCUT2D eigenvalue weighted by atomic mass is 10.1. The number of aliphatic hydroxyl groups is 1. The number of thiophene rings is 1. The van der Waals surface area contributed by atoms with Crippen LogP contribution in [-0.4, -0.2) is 23.6 Å². The molecule has 2 rings (SSSR count). The summed E-state index contributed by atoms with van der Waals surface area (Å²) in [6.45, 7) is 1.55. The normalized spacial score (nSPS) is 12.8. The van der Waals surface area contributed by atoms with Crippen LogP contribution in [0.5, 0.6) is 0 Å². The van der Waals surface area contributed by atoms with E-state index in [0.717, 1.165) is 11.0 Å². The topological polar surface area (TPSA) is 23.5 Å². The molecule has 2 aromatic rings. The molecule has 0 aliphatic rings. The number of hydrogen-bond acceptors (Lipinski definition) is 3. The predicted molar refractivity (Wildman–Crippen MR) is 84.3 cm³/mol. The fourth-order valence-electron chi connectivity index (χ4n) is 2.03. The monoisotopic (exact) mass is 357 g/mol. The second-order valence-corrected chi connectivity index (χ2v) is 6.71. The highest BCUT2D eigenvalue weighted by molar-refractivity contribution is 9.10. The van der Waals surface area contributed by atoms with Gasteiger partial charge in [0.1, 0.15) is 5.82 Å². The molecule has 0 radical (unpaired) electrons. The summed E-state index contributed by atoms with van der Waals surface area (Å²) in [5, 5.41) is 12.1. The molecule has 0 bridgehead atoms. The van der Waals surface area contributed by atoms with E-state index in [-0.39, 0.29) is 5.82 Å². The molecule has 0 aliphatic heterocycles. The number of rotatable bonds is 6. The van der Waals surface area contributed by atoms with Gasteiger partial charge in [-0.1, -0.05) is 18.2 Å². The van der Waals surface area contributed by atoms with Gasteiger partial charge in [0, 0.05) is 33.4 Å². The smallest absolute Gasteiger partial charge is 0.128 e. The van der Waals surface area contributed by atoms with Gasteiger partial charge in [-0.3, -0.25) is 0 Å². The number of hydrogen-bond donors (Lipinski definition) is 1. The highest BCUT2D eigenvalue weighted by Crippen LogP contribution is 2.22. The zero-order chi connectivity index (χ0) is 14.5. The first-order valence-electron chi connectivity index (χ1n) is 6.40. The van der Waals surface area contributed by atoms with Gasteiger partial charge < -0.3 is 10.0 Å². The van der Waals surface area contributed by atoms with Gasteiger partial charge in [-0.2, -0.15) is 0 Å². The van der Waals surface area contributed by atoms with Crippen molar-refractivity contribution in [1.82, 2.24) is 4.90 Å². The summed E-state index contributed by atoms with van der Waals surface area (Å²) in [5.74, 6) is -0.343. The maximum absolute atomic E-state index is 13.5. The highest BCUT2D eigenvalue weighted by Gasteiger charge is 2.13. The molecule has 1 heterocycles. The molecule has 0 saturated carbocycles. The molecule has 108 valence electrons. The summed E-state index contributed by atoms with van der Waals surface area (Å²) in [5.41, 5.74) is 0.375. The van der Waals surface area contributed by atoms with E-state index in [1.807, 2.05) is 7.05 Å². The zero-order valence-electron chi connectivity index (χ0n) is 11.2. The van der Waals surface area contributed by atoms with E-state index in [0.29, 0.717) is 18.5 Å². The molecule has 5 heteroatoms. The third kappa shape index (κ3) is 4.38. The first-order chi connectivity index (χ1) is 9.56. The molecule has 0 amide bonds. The summed E-state index contributed by atoms with van der Waals surface area (Å²) < 4.78 is 14.6. The van der Waals surface area contributed by atoms with Crippen molar-refractivity contribution in [1.29, 1.82) is 0 Å². The quantitative estimate of drug-likeness (QED) is 0.837. The third-order valence-corrected chi connectivity index (χ3v) is 4.78. The second kappa shape index (κ2) is 7.31. The average molecular weight is 358 g/mol. The zero-order valence-corrected chi connectivity index (χ0v) is 13.6. The van der Waals surface area contributed by atoms with Crippen LogP contribution in [-0.2, 0) is 6.54 Å². The summed E-state index contributed by atoms with van der Waals surface area (Å²) in [4.78, 5) is 3.39. The number of aliphatic hydroxyl groups excluding tert-OH is 1. The molecule has 2 nitrogen and oxygen atoms in total. The molecule has 20 heavy (non-hydrogen) atoms. The van der Waals surface area contributed by atoms with Gasteiger partial charge in [0.05, 0.1) is 6.10 Å². The van der Waals surface area contributed by atoms with Crippen molar-refractivity contribution in [3.05, 3.63) is 56.4 Å². The summed E-state index contributed by atoms with van der Waals surface area (Å²) in [6, 6.07) is 8.48. The minimum absolute atomic E-state index is 0.343. The third-order valence-electron chi connectivity index (χ3n) is 3.10. The van der Waals surface area contributed by atoms with Gasteiger partial charge in [0.25, 0.3) is 0 Å². The van der Waals surface area contributed by atoms with Gasteiger partial charge in [-0.25, -0.2) is 4.39 Å². The minimum atomic E-state index is -0.756. The van der Waals surface area contributed by atoms with E-state index in [1.165, 1.54) is 10.9 Å². The molecule has 1 aromatic heterocycles. The van der Waals surface area contributed by atoms with Crippen molar-refractivity contribution < 1.29 is 9.50 Å². The maximum atomic E-state index is 13.5. The van der Waals surface area contributed by atoms with Gasteiger partial charge in [-0.15, -0.1) is 11.3 Å². The molecule has 1 N–H and O–H groups in total. The molecule has 0 aliphatic carbocycles. The van der Waals surface area contributed by atoms with Crippen LogP contribution >= 0.6 is 27.3 Å². The van der Waals surface area contributed by atoms with Crippen LogP contribution in [0.2, 0.25) is 0 Å². The molecule has 1 atom stereocenters. The van der Waals surface area contributed by atoms with Crippen molar-refractivity contribution in [2.75, 3.05) is 13.6 Å². The summed E-state index contributed by atoms with van der Waals surface area (Å²) in [6.07, 6.45) is -0.238. The molecular weight excluding hydrogens is 341 g/mol. The molecule has 1 unspecified atom stereocenters. The van der Waals surface area contributed by atoms with Crippen molar-refractivity contribution in [3.63, 3.8) is 0 Å². The Bertz CT molecular complexity index is 560. The van der Waals surface area contributed by atoms with Crippen molar-refractivity contribution in [2.45, 2.75) is 19.1 Å². The number of benzene rings is 1. The molecular formula is C15H17BrFNOS. The van der Waals surface area contributed by atoms with Crippen LogP contribution in [0.15, 0.2) is 40.2 Å². The first kappa shape index (κ1) is 15.6. The fourth-order valence-corrected chi connectivity index (χ4v) is 3.56. The van der Waals surface area contributed by atoms with Gasteiger partial charge >= 0.3 is 0 Å². The van der Waals surface area contributed by atoms with Crippen LogP contribution < -0.4 is 0 Å². The van der Waals surface area contributed by atoms with E-state index in [9.17, 15) is 9.50 Å². The predicted octanol–water partition coefficient (Wildman–Crippen LogP) is 4.21. The summed E-state index contributed by atoms with van der Waals surface area (Å²) >= 11 is 5.13. The van der Waals surface area contributed by atoms with E-state index in [1.54, 1.807) is 29.5 Å². The Morgan fingerprint density at radius 3 is 2.80 bits per heavy atom. The number of halogens is 2. The fraction of sp³-hybridized carbons (Fsp3) is 0.333. The lowest BCUT2D eigenvalue weighted by Gasteiger charge is -2.18. The Kier molecular flexibility index (Phi) is 5.72. The lowest BCUT2D eigenvalue weighted by Crippen LogP contribution is -2.20. The summed E-state index contributed by atoms with van der Waals surface area (Å²) in [7, 11) is 2.00. The Morgan fingerprint density at radius 1 is 1.40 bits per heavy atom. The van der Waals surface area contributed by atoms with Gasteiger partial charge in [0.2, 0.25) is 0 Å². The van der Waals surface area contributed by atoms with Crippen LogP contribution in [0, 0.1) is 5.82 Å². The standard InChI is InChI=1S/C15H17BrFNOS/c1-18(9-12-8-11(16)10-20-12)7-6-15(19)13-4-2-3-5-14(13)17/h2-5,8,10,15,19H,6-7,9H2,1H3. The Labute approximate surface area is 131 Å². The average Bonchev–Trinajstić information content (AvgIpc) is 2.82. The van der Waals surface area contributed by atoms with Crippen LogP contribution in [0.25, 0.3) is 0 Å². The van der Waals surface area contributed by atoms with E-state index in [2.05, 4.69) is 32.3 Å². The SMILES string of the molecule is CN(CCC(O)c1ccccc1F)Cc1cc(Br)cs1. The first-order valence-corrected chi connectivity index (χ1v) is 8.07. The Morgan fingerprint density at radius 2 is 2.15 bits per heavy atom. The second-order valence-electron chi connectivity index (χ2n) is 4.80. The Balaban J connectivity index is 1.84. The maximum Gasteiger partial charge on any atom is 0.128 e. The van der Waals surface area contributed by atoms with Crippen molar-refractivity contribution >= 4 is 27.3 Å².